The molecule has 3 aromatic carbocycles. The molecular formula is C35H43FO5. The number of esters is 2. The average Bonchev–Trinajstić information content (AvgIpc) is 2.94. The predicted molar refractivity (Wildman–Crippen MR) is 161 cm³/mol. The molecule has 0 saturated heterocycles. The number of carbonyl (C=O) groups is 2. The van der Waals surface area contributed by atoms with Crippen molar-refractivity contribution >= 4 is 11.9 Å². The van der Waals surface area contributed by atoms with Gasteiger partial charge >= 0.3 is 11.9 Å². The van der Waals surface area contributed by atoms with Crippen molar-refractivity contribution in [2.24, 2.45) is 5.92 Å². The molecule has 3 rings (SSSR count). The van der Waals surface area contributed by atoms with Crippen molar-refractivity contribution in [2.75, 3.05) is 6.61 Å². The first kappa shape index (κ1) is 31.9. The molecule has 0 bridgehead atoms. The quantitative estimate of drug-likeness (QED) is 0.0988. The van der Waals surface area contributed by atoms with Gasteiger partial charge in [0, 0.05) is 6.07 Å². The molecular weight excluding hydrogens is 519 g/mol. The van der Waals surface area contributed by atoms with E-state index in [1.807, 2.05) is 50.2 Å². The van der Waals surface area contributed by atoms with Crippen LogP contribution < -0.4 is 9.47 Å². The molecule has 3 aromatic rings. The summed E-state index contributed by atoms with van der Waals surface area (Å²) >= 11 is 0. The molecule has 0 heterocycles. The fraction of sp³-hybridized carbons (Fsp3) is 0.429. The van der Waals surface area contributed by atoms with Crippen LogP contribution in [0.15, 0.2) is 66.7 Å². The Bertz CT molecular complexity index is 1230. The molecule has 1 atom stereocenters. The number of carbonyl (C=O) groups excluding carboxylic acids is 2. The molecule has 220 valence electrons. The second-order valence-corrected chi connectivity index (χ2v) is 10.9. The smallest absolute Gasteiger partial charge is 0.343 e. The first-order chi connectivity index (χ1) is 19.8. The predicted octanol–water partition coefficient (Wildman–Crippen LogP) is 9.43. The summed E-state index contributed by atoms with van der Waals surface area (Å²) in [6.07, 6.45) is 9.11. The zero-order valence-electron chi connectivity index (χ0n) is 24.8. The molecule has 0 aliphatic heterocycles. The number of hydrogen-bond donors (Lipinski definition) is 0. The minimum atomic E-state index is -0.803. The monoisotopic (exact) mass is 562 g/mol. The van der Waals surface area contributed by atoms with E-state index in [0.717, 1.165) is 36.0 Å². The summed E-state index contributed by atoms with van der Waals surface area (Å²) in [5.41, 5.74) is 2.08. The van der Waals surface area contributed by atoms with Crippen LogP contribution in [0.25, 0.3) is 11.1 Å². The van der Waals surface area contributed by atoms with Crippen LogP contribution in [0.5, 0.6) is 11.5 Å². The molecule has 6 heteroatoms. The van der Waals surface area contributed by atoms with Crippen LogP contribution >= 0.6 is 0 Å². The minimum absolute atomic E-state index is 0.00966. The number of benzene rings is 3. The van der Waals surface area contributed by atoms with Gasteiger partial charge in [-0.05, 0) is 73.2 Å². The lowest BCUT2D eigenvalue weighted by atomic mass is 10.0. The molecule has 0 spiro atoms. The summed E-state index contributed by atoms with van der Waals surface area (Å²) in [7, 11) is 0. The Morgan fingerprint density at radius 2 is 1.32 bits per heavy atom. The second kappa shape index (κ2) is 16.6. The van der Waals surface area contributed by atoms with E-state index in [1.165, 1.54) is 50.7 Å². The van der Waals surface area contributed by atoms with Gasteiger partial charge in [0.1, 0.15) is 17.3 Å². The second-order valence-electron chi connectivity index (χ2n) is 10.9. The van der Waals surface area contributed by atoms with Crippen LogP contribution in [0, 0.1) is 11.7 Å². The fourth-order valence-corrected chi connectivity index (χ4v) is 4.64. The Balaban J connectivity index is 1.49. The van der Waals surface area contributed by atoms with E-state index in [-0.39, 0.29) is 17.4 Å². The third-order valence-corrected chi connectivity index (χ3v) is 6.81. The van der Waals surface area contributed by atoms with Gasteiger partial charge in [0.25, 0.3) is 0 Å². The van der Waals surface area contributed by atoms with Crippen LogP contribution in [0.4, 0.5) is 4.39 Å². The van der Waals surface area contributed by atoms with E-state index in [0.29, 0.717) is 17.9 Å². The topological polar surface area (TPSA) is 61.8 Å². The van der Waals surface area contributed by atoms with E-state index in [4.69, 9.17) is 14.2 Å². The van der Waals surface area contributed by atoms with Crippen molar-refractivity contribution in [1.82, 2.24) is 0 Å². The standard InChI is InChI=1S/C35H43FO5/c1-5-6-7-8-9-10-11-22-39-30-18-16-28(17-19-30)27-12-14-29(15-13-27)34(37)41-31-20-21-32(33(36)24-31)35(38)40-26(4)23-25(2)3/h12-21,24-26H,5-11,22-23H2,1-4H3. The van der Waals surface area contributed by atoms with Crippen LogP contribution in [-0.2, 0) is 4.74 Å². The zero-order chi connectivity index (χ0) is 29.6. The number of unbranched alkanes of at least 4 members (excludes halogenated alkanes) is 6. The first-order valence-electron chi connectivity index (χ1n) is 14.8. The first-order valence-corrected chi connectivity index (χ1v) is 14.8. The number of hydrogen-bond acceptors (Lipinski definition) is 5. The molecule has 0 saturated carbocycles. The molecule has 5 nitrogen and oxygen atoms in total. The molecule has 0 radical (unpaired) electrons. The van der Waals surface area contributed by atoms with Crippen molar-refractivity contribution in [3.05, 3.63) is 83.7 Å². The van der Waals surface area contributed by atoms with Crippen molar-refractivity contribution in [3.8, 4) is 22.6 Å². The normalized spacial score (nSPS) is 11.8. The van der Waals surface area contributed by atoms with E-state index in [2.05, 4.69) is 6.92 Å². The van der Waals surface area contributed by atoms with E-state index < -0.39 is 17.8 Å². The summed E-state index contributed by atoms with van der Waals surface area (Å²) in [5, 5.41) is 0. The summed E-state index contributed by atoms with van der Waals surface area (Å²) in [6.45, 7) is 8.77. The summed E-state index contributed by atoms with van der Waals surface area (Å²) < 4.78 is 31.1. The van der Waals surface area contributed by atoms with Gasteiger partial charge in [-0.2, -0.15) is 0 Å². The highest BCUT2D eigenvalue weighted by molar-refractivity contribution is 5.92. The number of rotatable bonds is 16. The van der Waals surface area contributed by atoms with Crippen molar-refractivity contribution < 1.29 is 28.2 Å². The third kappa shape index (κ3) is 10.7. The van der Waals surface area contributed by atoms with Crippen LogP contribution in [0.1, 0.15) is 99.8 Å². The van der Waals surface area contributed by atoms with Crippen LogP contribution in [-0.4, -0.2) is 24.6 Å². The molecule has 1 unspecified atom stereocenters. The average molecular weight is 563 g/mol. The molecule has 41 heavy (non-hydrogen) atoms. The Kier molecular flexibility index (Phi) is 12.9. The van der Waals surface area contributed by atoms with Gasteiger partial charge in [0.2, 0.25) is 0 Å². The maximum atomic E-state index is 14.6. The van der Waals surface area contributed by atoms with Gasteiger partial charge in [0.05, 0.1) is 23.8 Å². The number of halogens is 1. The maximum Gasteiger partial charge on any atom is 0.343 e. The lowest BCUT2D eigenvalue weighted by Gasteiger charge is -2.15. The molecule has 0 amide bonds. The van der Waals surface area contributed by atoms with Crippen molar-refractivity contribution in [2.45, 2.75) is 85.2 Å². The Morgan fingerprint density at radius 3 is 1.93 bits per heavy atom. The van der Waals surface area contributed by atoms with Crippen molar-refractivity contribution in [3.63, 3.8) is 0 Å². The highest BCUT2D eigenvalue weighted by Gasteiger charge is 2.19. The Hall–Kier alpha value is -3.67. The van der Waals surface area contributed by atoms with Gasteiger partial charge in [-0.1, -0.05) is 83.6 Å². The van der Waals surface area contributed by atoms with Crippen molar-refractivity contribution in [1.29, 1.82) is 0 Å². The van der Waals surface area contributed by atoms with E-state index >= 15 is 0 Å². The van der Waals surface area contributed by atoms with Gasteiger partial charge in [-0.25, -0.2) is 14.0 Å². The largest absolute Gasteiger partial charge is 0.494 e. The maximum absolute atomic E-state index is 14.6. The summed E-state index contributed by atoms with van der Waals surface area (Å²) in [5.74, 6) is -0.958. The van der Waals surface area contributed by atoms with Gasteiger partial charge in [-0.15, -0.1) is 0 Å². The lowest BCUT2D eigenvalue weighted by molar-refractivity contribution is 0.0294. The van der Waals surface area contributed by atoms with E-state index in [1.54, 1.807) is 19.1 Å². The Morgan fingerprint density at radius 1 is 0.732 bits per heavy atom. The zero-order valence-corrected chi connectivity index (χ0v) is 24.8. The highest BCUT2D eigenvalue weighted by atomic mass is 19.1. The summed E-state index contributed by atoms with van der Waals surface area (Å²) in [4.78, 5) is 25.0. The molecule has 0 N–H and O–H groups in total. The molecule has 0 fully saturated rings. The molecule has 0 aliphatic carbocycles. The van der Waals surface area contributed by atoms with Crippen LogP contribution in [0.3, 0.4) is 0 Å². The molecule has 0 aliphatic rings. The third-order valence-electron chi connectivity index (χ3n) is 6.81. The van der Waals surface area contributed by atoms with Gasteiger partial charge < -0.3 is 14.2 Å². The SMILES string of the molecule is CCCCCCCCCOc1ccc(-c2ccc(C(=O)Oc3ccc(C(=O)OC(C)CC(C)C)c(F)c3)cc2)cc1. The summed E-state index contributed by atoms with van der Waals surface area (Å²) in [6, 6.07) is 18.6. The Labute approximate surface area is 244 Å². The molecule has 0 aromatic heterocycles. The highest BCUT2D eigenvalue weighted by Crippen LogP contribution is 2.24. The fourth-order valence-electron chi connectivity index (χ4n) is 4.64. The van der Waals surface area contributed by atoms with Crippen LogP contribution in [0.2, 0.25) is 0 Å². The lowest BCUT2D eigenvalue weighted by Crippen LogP contribution is -2.18. The van der Waals surface area contributed by atoms with E-state index in [9.17, 15) is 14.0 Å². The minimum Gasteiger partial charge on any atom is -0.494 e. The van der Waals surface area contributed by atoms with Gasteiger partial charge in [0.15, 0.2) is 0 Å². The van der Waals surface area contributed by atoms with Gasteiger partial charge in [-0.3, -0.25) is 0 Å². The number of ether oxygens (including phenoxy) is 3.